The maximum absolute atomic E-state index is 12.3. The topological polar surface area (TPSA) is 42.7 Å². The van der Waals surface area contributed by atoms with E-state index in [4.69, 9.17) is 9.15 Å². The number of amides is 1. The van der Waals surface area contributed by atoms with Gasteiger partial charge in [-0.15, -0.1) is 0 Å². The lowest BCUT2D eigenvalue weighted by atomic mass is 10.2. The van der Waals surface area contributed by atoms with Crippen LogP contribution in [0.1, 0.15) is 23.0 Å². The highest BCUT2D eigenvalue weighted by atomic mass is 79.9. The van der Waals surface area contributed by atoms with Crippen LogP contribution in [0.3, 0.4) is 0 Å². The maximum atomic E-state index is 12.3. The summed E-state index contributed by atoms with van der Waals surface area (Å²) in [5, 5.41) is 0. The molecule has 0 unspecified atom stereocenters. The second kappa shape index (κ2) is 6.61. The highest BCUT2D eigenvalue weighted by Crippen LogP contribution is 2.18. The van der Waals surface area contributed by atoms with Crippen LogP contribution >= 0.6 is 15.9 Å². The minimum atomic E-state index is -0.0703. The molecule has 5 heteroatoms. The van der Waals surface area contributed by atoms with Crippen molar-refractivity contribution in [1.29, 1.82) is 0 Å². The van der Waals surface area contributed by atoms with Gasteiger partial charge < -0.3 is 14.1 Å². The Morgan fingerprint density at radius 2 is 2.15 bits per heavy atom. The molecule has 0 saturated heterocycles. The first-order valence-electron chi connectivity index (χ1n) is 6.32. The van der Waals surface area contributed by atoms with Gasteiger partial charge in [0.25, 0.3) is 5.91 Å². The molecule has 2 rings (SSSR count). The zero-order valence-electron chi connectivity index (χ0n) is 11.4. The zero-order chi connectivity index (χ0) is 14.5. The van der Waals surface area contributed by atoms with E-state index in [1.165, 1.54) is 0 Å². The van der Waals surface area contributed by atoms with Gasteiger partial charge >= 0.3 is 0 Å². The maximum Gasteiger partial charge on any atom is 0.254 e. The highest BCUT2D eigenvalue weighted by Gasteiger charge is 2.14. The van der Waals surface area contributed by atoms with Crippen molar-refractivity contribution >= 4 is 21.8 Å². The minimum Gasteiger partial charge on any atom is -0.494 e. The number of hydrogen-bond donors (Lipinski definition) is 0. The molecule has 2 aromatic rings. The van der Waals surface area contributed by atoms with Crippen molar-refractivity contribution < 1.29 is 13.9 Å². The Hall–Kier alpha value is -1.75. The van der Waals surface area contributed by atoms with Crippen LogP contribution in [-0.4, -0.2) is 24.5 Å². The largest absolute Gasteiger partial charge is 0.494 e. The van der Waals surface area contributed by atoms with Gasteiger partial charge in [-0.2, -0.15) is 0 Å². The molecule has 0 N–H and O–H groups in total. The molecular formula is C15H16BrNO3. The van der Waals surface area contributed by atoms with Crippen molar-refractivity contribution in [2.45, 2.75) is 13.5 Å². The standard InChI is InChI=1S/C15H16BrNO3/c1-3-19-12-6-4-5-11(9-12)15(18)17(2)10-13-7-8-14(16)20-13/h4-9H,3,10H2,1-2H3. The van der Waals surface area contributed by atoms with Crippen molar-refractivity contribution in [3.8, 4) is 5.75 Å². The smallest absolute Gasteiger partial charge is 0.254 e. The molecule has 0 atom stereocenters. The molecular weight excluding hydrogens is 322 g/mol. The average molecular weight is 338 g/mol. The lowest BCUT2D eigenvalue weighted by molar-refractivity contribution is 0.0774. The van der Waals surface area contributed by atoms with Gasteiger partial charge in [0, 0.05) is 12.6 Å². The molecule has 106 valence electrons. The Labute approximate surface area is 126 Å². The van der Waals surface area contributed by atoms with E-state index < -0.39 is 0 Å². The number of carbonyl (C=O) groups is 1. The van der Waals surface area contributed by atoms with Gasteiger partial charge in [-0.25, -0.2) is 0 Å². The van der Waals surface area contributed by atoms with E-state index in [1.54, 1.807) is 24.1 Å². The molecule has 1 heterocycles. The average Bonchev–Trinajstić information content (AvgIpc) is 2.84. The number of halogens is 1. The van der Waals surface area contributed by atoms with E-state index in [-0.39, 0.29) is 5.91 Å². The second-order valence-electron chi connectivity index (χ2n) is 4.33. The lowest BCUT2D eigenvalue weighted by Gasteiger charge is -2.16. The Bertz CT molecular complexity index is 594. The Morgan fingerprint density at radius 3 is 2.80 bits per heavy atom. The van der Waals surface area contributed by atoms with Gasteiger partial charge in [0.1, 0.15) is 11.5 Å². The number of hydrogen-bond acceptors (Lipinski definition) is 3. The third-order valence-electron chi connectivity index (χ3n) is 2.76. The number of carbonyl (C=O) groups excluding carboxylic acids is 1. The van der Waals surface area contributed by atoms with Crippen LogP contribution in [0, 0.1) is 0 Å². The minimum absolute atomic E-state index is 0.0703. The summed E-state index contributed by atoms with van der Waals surface area (Å²) in [6.45, 7) is 2.91. The fourth-order valence-electron chi connectivity index (χ4n) is 1.85. The zero-order valence-corrected chi connectivity index (χ0v) is 13.0. The summed E-state index contributed by atoms with van der Waals surface area (Å²) in [5.41, 5.74) is 0.601. The molecule has 0 bridgehead atoms. The number of nitrogens with zero attached hydrogens (tertiary/aromatic N) is 1. The molecule has 1 aromatic carbocycles. The molecule has 4 nitrogen and oxygen atoms in total. The Balaban J connectivity index is 2.07. The molecule has 0 radical (unpaired) electrons. The van der Waals surface area contributed by atoms with Crippen LogP contribution in [0.5, 0.6) is 5.75 Å². The highest BCUT2D eigenvalue weighted by molar-refractivity contribution is 9.10. The predicted octanol–water partition coefficient (Wildman–Crippen LogP) is 3.71. The van der Waals surface area contributed by atoms with E-state index in [2.05, 4.69) is 15.9 Å². The van der Waals surface area contributed by atoms with E-state index in [0.717, 1.165) is 5.76 Å². The summed E-state index contributed by atoms with van der Waals surface area (Å²) in [7, 11) is 1.74. The van der Waals surface area contributed by atoms with E-state index >= 15 is 0 Å². The predicted molar refractivity (Wildman–Crippen MR) is 79.8 cm³/mol. The van der Waals surface area contributed by atoms with Crippen LogP contribution in [0.2, 0.25) is 0 Å². The number of benzene rings is 1. The number of ether oxygens (including phenoxy) is 1. The van der Waals surface area contributed by atoms with Gasteiger partial charge in [-0.3, -0.25) is 4.79 Å². The first-order valence-corrected chi connectivity index (χ1v) is 7.12. The fourth-order valence-corrected chi connectivity index (χ4v) is 2.19. The van der Waals surface area contributed by atoms with E-state index in [1.807, 2.05) is 31.2 Å². The van der Waals surface area contributed by atoms with Crippen LogP contribution in [0.15, 0.2) is 45.5 Å². The summed E-state index contributed by atoms with van der Waals surface area (Å²) in [6.07, 6.45) is 0. The molecule has 0 aliphatic heterocycles. The normalized spacial score (nSPS) is 10.3. The third kappa shape index (κ3) is 3.63. The lowest BCUT2D eigenvalue weighted by Crippen LogP contribution is -2.25. The Morgan fingerprint density at radius 1 is 1.35 bits per heavy atom. The summed E-state index contributed by atoms with van der Waals surface area (Å²) < 4.78 is 11.5. The Kier molecular flexibility index (Phi) is 4.84. The van der Waals surface area contributed by atoms with E-state index in [0.29, 0.717) is 29.1 Å². The van der Waals surface area contributed by atoms with Crippen LogP contribution in [0.25, 0.3) is 0 Å². The van der Waals surface area contributed by atoms with Crippen molar-refractivity contribution in [1.82, 2.24) is 4.90 Å². The summed E-state index contributed by atoms with van der Waals surface area (Å²) in [6, 6.07) is 10.8. The van der Waals surface area contributed by atoms with Gasteiger partial charge in [-0.1, -0.05) is 6.07 Å². The van der Waals surface area contributed by atoms with Crippen LogP contribution < -0.4 is 4.74 Å². The third-order valence-corrected chi connectivity index (χ3v) is 3.19. The van der Waals surface area contributed by atoms with Crippen LogP contribution in [-0.2, 0) is 6.54 Å². The second-order valence-corrected chi connectivity index (χ2v) is 5.11. The summed E-state index contributed by atoms with van der Waals surface area (Å²) in [4.78, 5) is 13.9. The first kappa shape index (κ1) is 14.7. The quantitative estimate of drug-likeness (QED) is 0.835. The molecule has 0 saturated carbocycles. The fraction of sp³-hybridized carbons (Fsp3) is 0.267. The monoisotopic (exact) mass is 337 g/mol. The molecule has 0 aliphatic rings. The molecule has 0 fully saturated rings. The number of rotatable bonds is 5. The van der Waals surface area contributed by atoms with E-state index in [9.17, 15) is 4.79 Å². The van der Waals surface area contributed by atoms with Crippen LogP contribution in [0.4, 0.5) is 0 Å². The molecule has 1 aromatic heterocycles. The van der Waals surface area contributed by atoms with Gasteiger partial charge in [-0.05, 0) is 53.2 Å². The first-order chi connectivity index (χ1) is 9.60. The molecule has 20 heavy (non-hydrogen) atoms. The van der Waals surface area contributed by atoms with Crippen molar-refractivity contribution in [3.05, 3.63) is 52.4 Å². The van der Waals surface area contributed by atoms with Gasteiger partial charge in [0.05, 0.1) is 13.2 Å². The SMILES string of the molecule is CCOc1cccc(C(=O)N(C)Cc2ccc(Br)o2)c1. The van der Waals surface area contributed by atoms with Gasteiger partial charge in [0.15, 0.2) is 4.67 Å². The van der Waals surface area contributed by atoms with Gasteiger partial charge in [0.2, 0.25) is 0 Å². The van der Waals surface area contributed by atoms with Crippen molar-refractivity contribution in [2.75, 3.05) is 13.7 Å². The molecule has 1 amide bonds. The summed E-state index contributed by atoms with van der Waals surface area (Å²) in [5.74, 6) is 1.36. The summed E-state index contributed by atoms with van der Waals surface area (Å²) >= 11 is 3.24. The molecule has 0 aliphatic carbocycles. The molecule has 0 spiro atoms. The van der Waals surface area contributed by atoms with Crippen molar-refractivity contribution in [3.63, 3.8) is 0 Å². The number of furan rings is 1. The van der Waals surface area contributed by atoms with Crippen molar-refractivity contribution in [2.24, 2.45) is 0 Å².